The van der Waals surface area contributed by atoms with Crippen molar-refractivity contribution in [3.63, 3.8) is 0 Å². The van der Waals surface area contributed by atoms with E-state index in [1.54, 1.807) is 0 Å². The van der Waals surface area contributed by atoms with Gasteiger partial charge in [0.05, 0.1) is 18.8 Å². The Morgan fingerprint density at radius 1 is 1.45 bits per heavy atom. The maximum Gasteiger partial charge on any atom is 0.0924 e. The van der Waals surface area contributed by atoms with Crippen molar-refractivity contribution in [3.8, 4) is 0 Å². The van der Waals surface area contributed by atoms with Gasteiger partial charge in [0.25, 0.3) is 0 Å². The molecule has 2 rings (SSSR count). The molecule has 2 nitrogen and oxygen atoms in total. The number of hydrogen-bond acceptors (Lipinski definition) is 2. The summed E-state index contributed by atoms with van der Waals surface area (Å²) in [7, 11) is 0. The second kappa shape index (κ2) is 2.61. The van der Waals surface area contributed by atoms with Crippen LogP contribution in [0.3, 0.4) is 0 Å². The van der Waals surface area contributed by atoms with E-state index in [4.69, 9.17) is 9.47 Å². The van der Waals surface area contributed by atoms with Crippen LogP contribution >= 0.6 is 0 Å². The highest BCUT2D eigenvalue weighted by atomic mass is 16.6. The van der Waals surface area contributed by atoms with Gasteiger partial charge in [-0.2, -0.15) is 0 Å². The van der Waals surface area contributed by atoms with Crippen LogP contribution in [0, 0.1) is 5.92 Å². The van der Waals surface area contributed by atoms with Crippen molar-refractivity contribution < 1.29 is 9.47 Å². The predicted molar refractivity (Wildman–Crippen MR) is 42.4 cm³/mol. The quantitative estimate of drug-likeness (QED) is 0.531. The number of ether oxygens (including phenoxy) is 2. The fourth-order valence-corrected chi connectivity index (χ4v) is 1.89. The Morgan fingerprint density at radius 2 is 2.27 bits per heavy atom. The summed E-state index contributed by atoms with van der Waals surface area (Å²) in [6, 6.07) is 0. The third-order valence-corrected chi connectivity index (χ3v) is 2.60. The standard InChI is InChI=1S/C9H14O2/c1-6(2)7-5-11-8-3-4-10-9(7)8/h7-9H,1,3-5H2,2H3/t7-,8-,9-/m1/s1. The van der Waals surface area contributed by atoms with Crippen molar-refractivity contribution in [1.82, 2.24) is 0 Å². The summed E-state index contributed by atoms with van der Waals surface area (Å²) in [4.78, 5) is 0. The molecule has 2 aliphatic rings. The predicted octanol–water partition coefficient (Wildman–Crippen LogP) is 1.37. The topological polar surface area (TPSA) is 18.5 Å². The molecule has 0 aromatic carbocycles. The molecule has 2 heteroatoms. The average molecular weight is 154 g/mol. The lowest BCUT2D eigenvalue weighted by Gasteiger charge is -2.14. The second-order valence-corrected chi connectivity index (χ2v) is 3.45. The van der Waals surface area contributed by atoms with Gasteiger partial charge in [-0.25, -0.2) is 0 Å². The lowest BCUT2D eigenvalue weighted by molar-refractivity contribution is 0.0675. The Bertz CT molecular complexity index is 176. The zero-order valence-corrected chi connectivity index (χ0v) is 6.88. The molecule has 0 aliphatic carbocycles. The fraction of sp³-hybridized carbons (Fsp3) is 0.778. The van der Waals surface area contributed by atoms with Crippen LogP contribution < -0.4 is 0 Å². The average Bonchev–Trinajstić information content (AvgIpc) is 2.41. The molecule has 0 aromatic rings. The maximum absolute atomic E-state index is 5.56. The van der Waals surface area contributed by atoms with Crippen LogP contribution in [-0.2, 0) is 9.47 Å². The fourth-order valence-electron chi connectivity index (χ4n) is 1.89. The molecule has 0 amide bonds. The molecule has 0 bridgehead atoms. The molecular weight excluding hydrogens is 140 g/mol. The molecule has 0 unspecified atom stereocenters. The summed E-state index contributed by atoms with van der Waals surface area (Å²) >= 11 is 0. The molecular formula is C9H14O2. The number of fused-ring (bicyclic) bond motifs is 1. The van der Waals surface area contributed by atoms with Gasteiger partial charge in [0, 0.05) is 12.5 Å². The summed E-state index contributed by atoms with van der Waals surface area (Å²) in [5, 5.41) is 0. The molecule has 0 spiro atoms. The van der Waals surface area contributed by atoms with E-state index in [0.717, 1.165) is 19.6 Å². The van der Waals surface area contributed by atoms with Gasteiger partial charge in [-0.3, -0.25) is 0 Å². The molecule has 3 atom stereocenters. The maximum atomic E-state index is 5.56. The van der Waals surface area contributed by atoms with Crippen molar-refractivity contribution in [3.05, 3.63) is 12.2 Å². The van der Waals surface area contributed by atoms with E-state index in [0.29, 0.717) is 18.1 Å². The van der Waals surface area contributed by atoms with Gasteiger partial charge >= 0.3 is 0 Å². The van der Waals surface area contributed by atoms with E-state index >= 15 is 0 Å². The Morgan fingerprint density at radius 3 is 3.00 bits per heavy atom. The molecule has 0 N–H and O–H groups in total. The molecule has 62 valence electrons. The van der Waals surface area contributed by atoms with E-state index in [-0.39, 0.29) is 0 Å². The zero-order valence-electron chi connectivity index (χ0n) is 6.88. The first-order valence-corrected chi connectivity index (χ1v) is 4.17. The van der Waals surface area contributed by atoms with Crippen molar-refractivity contribution in [1.29, 1.82) is 0 Å². The Balaban J connectivity index is 2.08. The van der Waals surface area contributed by atoms with Gasteiger partial charge in [-0.15, -0.1) is 0 Å². The van der Waals surface area contributed by atoms with Gasteiger partial charge in [0.15, 0.2) is 0 Å². The van der Waals surface area contributed by atoms with Crippen LogP contribution in [0.4, 0.5) is 0 Å². The number of hydrogen-bond donors (Lipinski definition) is 0. The van der Waals surface area contributed by atoms with Crippen LogP contribution in [0.25, 0.3) is 0 Å². The minimum absolute atomic E-state index is 0.312. The van der Waals surface area contributed by atoms with Crippen LogP contribution in [0.1, 0.15) is 13.3 Å². The summed E-state index contributed by atoms with van der Waals surface area (Å²) < 4.78 is 11.1. The monoisotopic (exact) mass is 154 g/mol. The summed E-state index contributed by atoms with van der Waals surface area (Å²) in [5.74, 6) is 0.447. The SMILES string of the molecule is C=C(C)[C@H]1CO[C@@H]2CCO[C@H]12. The molecule has 2 saturated heterocycles. The van der Waals surface area contributed by atoms with Crippen LogP contribution in [0.5, 0.6) is 0 Å². The zero-order chi connectivity index (χ0) is 7.84. The van der Waals surface area contributed by atoms with Gasteiger partial charge in [-0.1, -0.05) is 12.2 Å². The Kier molecular flexibility index (Phi) is 1.74. The molecule has 11 heavy (non-hydrogen) atoms. The summed E-state index contributed by atoms with van der Waals surface area (Å²) in [6.45, 7) is 7.66. The van der Waals surface area contributed by atoms with E-state index < -0.39 is 0 Å². The summed E-state index contributed by atoms with van der Waals surface area (Å²) in [5.41, 5.74) is 1.19. The Labute approximate surface area is 67.2 Å². The first-order valence-electron chi connectivity index (χ1n) is 4.17. The van der Waals surface area contributed by atoms with Crippen molar-refractivity contribution in [2.24, 2.45) is 5.92 Å². The van der Waals surface area contributed by atoms with Crippen molar-refractivity contribution in [2.45, 2.75) is 25.6 Å². The molecule has 0 saturated carbocycles. The van der Waals surface area contributed by atoms with Crippen LogP contribution in [0.15, 0.2) is 12.2 Å². The normalized spacial score (nSPS) is 42.5. The minimum atomic E-state index is 0.312. The second-order valence-electron chi connectivity index (χ2n) is 3.45. The van der Waals surface area contributed by atoms with E-state index in [2.05, 4.69) is 13.5 Å². The van der Waals surface area contributed by atoms with Crippen molar-refractivity contribution >= 4 is 0 Å². The minimum Gasteiger partial charge on any atom is -0.375 e. The lowest BCUT2D eigenvalue weighted by Crippen LogP contribution is -2.22. The first kappa shape index (κ1) is 7.32. The first-order chi connectivity index (χ1) is 5.29. The lowest BCUT2D eigenvalue weighted by atomic mass is 9.96. The number of rotatable bonds is 1. The molecule has 2 aliphatic heterocycles. The molecule has 0 radical (unpaired) electrons. The van der Waals surface area contributed by atoms with E-state index in [9.17, 15) is 0 Å². The third-order valence-electron chi connectivity index (χ3n) is 2.60. The Hall–Kier alpha value is -0.340. The third kappa shape index (κ3) is 1.10. The van der Waals surface area contributed by atoms with Gasteiger partial charge in [0.1, 0.15) is 0 Å². The summed E-state index contributed by atoms with van der Waals surface area (Å²) in [6.07, 6.45) is 1.73. The highest BCUT2D eigenvalue weighted by Gasteiger charge is 2.41. The smallest absolute Gasteiger partial charge is 0.0924 e. The molecule has 0 aromatic heterocycles. The largest absolute Gasteiger partial charge is 0.375 e. The highest BCUT2D eigenvalue weighted by Crippen LogP contribution is 2.33. The highest BCUT2D eigenvalue weighted by molar-refractivity contribution is 5.06. The van der Waals surface area contributed by atoms with Gasteiger partial charge in [0.2, 0.25) is 0 Å². The molecule has 2 heterocycles. The molecule has 2 fully saturated rings. The van der Waals surface area contributed by atoms with Gasteiger partial charge < -0.3 is 9.47 Å². The van der Waals surface area contributed by atoms with Crippen LogP contribution in [-0.4, -0.2) is 25.4 Å². The van der Waals surface area contributed by atoms with Gasteiger partial charge in [-0.05, 0) is 13.3 Å². The van der Waals surface area contributed by atoms with Crippen LogP contribution in [0.2, 0.25) is 0 Å². The van der Waals surface area contributed by atoms with E-state index in [1.807, 2.05) is 0 Å². The van der Waals surface area contributed by atoms with E-state index in [1.165, 1.54) is 5.57 Å². The van der Waals surface area contributed by atoms with Crippen molar-refractivity contribution in [2.75, 3.05) is 13.2 Å².